The number of rotatable bonds is 8. The lowest BCUT2D eigenvalue weighted by Gasteiger charge is -2.10. The Morgan fingerprint density at radius 1 is 0.955 bits per heavy atom. The number of nitro benzene ring substituents is 2. The van der Waals surface area contributed by atoms with E-state index in [-0.39, 0.29) is 39.6 Å². The van der Waals surface area contributed by atoms with Crippen LogP contribution < -0.4 is 10.3 Å². The lowest BCUT2D eigenvalue weighted by molar-refractivity contribution is -0.386. The number of aromatic nitrogens is 2. The van der Waals surface area contributed by atoms with E-state index in [1.165, 1.54) is 36.5 Å². The lowest BCUT2D eigenvalue weighted by atomic mass is 10.2. The van der Waals surface area contributed by atoms with Crippen LogP contribution in [0.25, 0.3) is 33.5 Å². The van der Waals surface area contributed by atoms with Gasteiger partial charge in [0.1, 0.15) is 12.2 Å². The summed E-state index contributed by atoms with van der Waals surface area (Å²) in [5.74, 6) is 0.371. The van der Waals surface area contributed by atoms with Crippen molar-refractivity contribution in [3.05, 3.63) is 136 Å². The zero-order valence-corrected chi connectivity index (χ0v) is 25.4. The highest BCUT2D eigenvalue weighted by Gasteiger charge is 2.21. The number of hydrogen-bond acceptors (Lipinski definition) is 9. The molecule has 0 amide bonds. The minimum atomic E-state index is -0.618. The van der Waals surface area contributed by atoms with Crippen molar-refractivity contribution in [3.8, 4) is 17.3 Å². The van der Waals surface area contributed by atoms with Gasteiger partial charge in [-0.15, -0.1) is 0 Å². The number of furan rings is 1. The molecule has 6 rings (SSSR count). The molecule has 2 aromatic heterocycles. The van der Waals surface area contributed by atoms with Crippen molar-refractivity contribution < 1.29 is 19.0 Å². The molecule has 44 heavy (non-hydrogen) atoms. The van der Waals surface area contributed by atoms with Gasteiger partial charge in [-0.2, -0.15) is 9.78 Å². The van der Waals surface area contributed by atoms with E-state index in [9.17, 15) is 25.0 Å². The topological polar surface area (TPSA) is 156 Å². The predicted octanol–water partition coefficient (Wildman–Crippen LogP) is 7.61. The molecule has 12 nitrogen and oxygen atoms in total. The van der Waals surface area contributed by atoms with Crippen LogP contribution in [0.2, 0.25) is 0 Å². The SMILES string of the molecule is O=c1c2ccccc2nc(-c2cc3cc(Br)ccc3o2)n1N=Cc1cc(Br)c(OCc2cccc([N+](=O)[O-])c2)c([N+](=O)[O-])c1. The largest absolute Gasteiger partial charge is 0.481 e. The highest BCUT2D eigenvalue weighted by molar-refractivity contribution is 9.10. The van der Waals surface area contributed by atoms with E-state index in [1.54, 1.807) is 42.5 Å². The molecule has 0 spiro atoms. The number of nitro groups is 2. The average Bonchev–Trinajstić information content (AvgIpc) is 3.43. The zero-order valence-electron chi connectivity index (χ0n) is 22.2. The van der Waals surface area contributed by atoms with E-state index in [0.717, 1.165) is 14.5 Å². The number of benzene rings is 4. The van der Waals surface area contributed by atoms with E-state index in [2.05, 4.69) is 41.9 Å². The van der Waals surface area contributed by atoms with Gasteiger partial charge in [0.2, 0.25) is 11.6 Å². The zero-order chi connectivity index (χ0) is 31.0. The van der Waals surface area contributed by atoms with Crippen LogP contribution in [0, 0.1) is 20.2 Å². The molecule has 0 saturated heterocycles. The highest BCUT2D eigenvalue weighted by atomic mass is 79.9. The smallest absolute Gasteiger partial charge is 0.312 e. The first-order valence-electron chi connectivity index (χ1n) is 12.8. The Labute approximate surface area is 263 Å². The summed E-state index contributed by atoms with van der Waals surface area (Å²) >= 11 is 6.77. The molecule has 0 aliphatic rings. The Balaban J connectivity index is 1.39. The number of halogens is 2. The Kier molecular flexibility index (Phi) is 7.76. The summed E-state index contributed by atoms with van der Waals surface area (Å²) in [5.41, 5.74) is 0.808. The van der Waals surface area contributed by atoms with Crippen LogP contribution in [0.4, 0.5) is 11.4 Å². The van der Waals surface area contributed by atoms with E-state index in [0.29, 0.717) is 27.8 Å². The minimum absolute atomic E-state index is 0.0719. The second-order valence-electron chi connectivity index (χ2n) is 9.43. The van der Waals surface area contributed by atoms with Crippen molar-refractivity contribution in [1.29, 1.82) is 0 Å². The summed E-state index contributed by atoms with van der Waals surface area (Å²) in [4.78, 5) is 40.2. The van der Waals surface area contributed by atoms with Gasteiger partial charge in [0.25, 0.3) is 11.2 Å². The molecule has 0 bridgehead atoms. The summed E-state index contributed by atoms with van der Waals surface area (Å²) in [6.45, 7) is -0.149. The summed E-state index contributed by atoms with van der Waals surface area (Å²) in [5, 5.41) is 28.6. The van der Waals surface area contributed by atoms with Gasteiger partial charge in [-0.1, -0.05) is 40.2 Å². The number of hydrogen-bond donors (Lipinski definition) is 0. The summed E-state index contributed by atoms with van der Waals surface area (Å²) < 4.78 is 13.9. The summed E-state index contributed by atoms with van der Waals surface area (Å²) in [6.07, 6.45) is 1.29. The Morgan fingerprint density at radius 3 is 2.57 bits per heavy atom. The molecular weight excluding hydrogens is 702 g/mol. The molecule has 218 valence electrons. The minimum Gasteiger partial charge on any atom is -0.481 e. The normalized spacial score (nSPS) is 11.4. The molecule has 0 unspecified atom stereocenters. The van der Waals surface area contributed by atoms with Crippen molar-refractivity contribution in [2.75, 3.05) is 0 Å². The monoisotopic (exact) mass is 717 g/mol. The Bertz CT molecular complexity index is 2210. The van der Waals surface area contributed by atoms with Crippen LogP contribution in [0.3, 0.4) is 0 Å². The van der Waals surface area contributed by atoms with Gasteiger partial charge in [-0.05, 0) is 64.0 Å². The first-order chi connectivity index (χ1) is 21.2. The third kappa shape index (κ3) is 5.72. The fraction of sp³-hybridized carbons (Fsp3) is 0.0333. The van der Waals surface area contributed by atoms with Crippen LogP contribution >= 0.6 is 31.9 Å². The fourth-order valence-electron chi connectivity index (χ4n) is 4.51. The first kappa shape index (κ1) is 28.9. The molecule has 14 heteroatoms. The maximum atomic E-state index is 13.6. The van der Waals surface area contributed by atoms with Crippen molar-refractivity contribution in [2.24, 2.45) is 5.10 Å². The molecular formula is C30H17Br2N5O7. The van der Waals surface area contributed by atoms with E-state index in [4.69, 9.17) is 9.15 Å². The number of ether oxygens (including phenoxy) is 1. The van der Waals surface area contributed by atoms with Gasteiger partial charge in [0, 0.05) is 33.6 Å². The van der Waals surface area contributed by atoms with Gasteiger partial charge in [0.15, 0.2) is 5.76 Å². The predicted molar refractivity (Wildman–Crippen MR) is 170 cm³/mol. The molecule has 0 atom stereocenters. The van der Waals surface area contributed by atoms with Gasteiger partial charge < -0.3 is 9.15 Å². The number of non-ortho nitro benzene ring substituents is 1. The van der Waals surface area contributed by atoms with Crippen LogP contribution in [0.5, 0.6) is 5.75 Å². The second-order valence-corrected chi connectivity index (χ2v) is 11.2. The van der Waals surface area contributed by atoms with Crippen molar-refractivity contribution in [3.63, 3.8) is 0 Å². The molecule has 2 heterocycles. The Hall–Kier alpha value is -5.21. The van der Waals surface area contributed by atoms with Gasteiger partial charge in [0.05, 0.1) is 31.4 Å². The molecule has 0 radical (unpaired) electrons. The number of para-hydroxylation sites is 1. The summed E-state index contributed by atoms with van der Waals surface area (Å²) in [6, 6.07) is 22.6. The molecule has 0 aliphatic heterocycles. The number of nitrogens with zero attached hydrogens (tertiary/aromatic N) is 5. The van der Waals surface area contributed by atoms with Crippen molar-refractivity contribution in [2.45, 2.75) is 6.61 Å². The van der Waals surface area contributed by atoms with E-state index >= 15 is 0 Å². The second kappa shape index (κ2) is 11.8. The quantitative estimate of drug-likeness (QED) is 0.0884. The third-order valence-corrected chi connectivity index (χ3v) is 7.60. The van der Waals surface area contributed by atoms with Gasteiger partial charge in [-0.3, -0.25) is 25.0 Å². The maximum Gasteiger partial charge on any atom is 0.312 e. The van der Waals surface area contributed by atoms with Crippen LogP contribution in [0.1, 0.15) is 11.1 Å². The maximum absolute atomic E-state index is 13.6. The molecule has 6 aromatic rings. The van der Waals surface area contributed by atoms with Crippen LogP contribution in [-0.2, 0) is 6.61 Å². The highest BCUT2D eigenvalue weighted by Crippen LogP contribution is 2.37. The molecule has 0 N–H and O–H groups in total. The first-order valence-corrected chi connectivity index (χ1v) is 14.4. The Morgan fingerprint density at radius 2 is 1.77 bits per heavy atom. The molecule has 0 fully saturated rings. The lowest BCUT2D eigenvalue weighted by Crippen LogP contribution is -2.20. The van der Waals surface area contributed by atoms with E-state index < -0.39 is 15.4 Å². The average molecular weight is 719 g/mol. The third-order valence-electron chi connectivity index (χ3n) is 6.52. The standard InChI is InChI=1S/C30H17Br2N5O7/c31-20-8-9-26-19(13-20)14-27(44-26)29-34-24-7-2-1-6-22(24)30(38)35(29)33-15-18-11-23(32)28(25(12-18)37(41)42)43-16-17-4-3-5-21(10-17)36(39)40/h1-15H,16H2. The number of fused-ring (bicyclic) bond motifs is 2. The molecule has 0 saturated carbocycles. The fourth-order valence-corrected chi connectivity index (χ4v) is 5.47. The van der Waals surface area contributed by atoms with Crippen molar-refractivity contribution in [1.82, 2.24) is 9.66 Å². The molecule has 0 aliphatic carbocycles. The van der Waals surface area contributed by atoms with Crippen molar-refractivity contribution >= 4 is 71.3 Å². The van der Waals surface area contributed by atoms with Crippen LogP contribution in [-0.4, -0.2) is 25.7 Å². The van der Waals surface area contributed by atoms with Gasteiger partial charge in [-0.25, -0.2) is 4.98 Å². The summed E-state index contributed by atoms with van der Waals surface area (Å²) in [7, 11) is 0. The van der Waals surface area contributed by atoms with E-state index in [1.807, 2.05) is 12.1 Å². The van der Waals surface area contributed by atoms with Crippen LogP contribution in [0.15, 0.2) is 108 Å². The molecule has 4 aromatic carbocycles. The van der Waals surface area contributed by atoms with Gasteiger partial charge >= 0.3 is 5.69 Å².